The molecule has 176 valence electrons. The average Bonchev–Trinajstić information content (AvgIpc) is 2.75. The maximum Gasteiger partial charge on any atom is 0.211 e. The van der Waals surface area contributed by atoms with Gasteiger partial charge in [-0.3, -0.25) is 4.79 Å². The number of fused-ring (bicyclic) bond motifs is 1. The average molecular weight is 471 g/mol. The van der Waals surface area contributed by atoms with Gasteiger partial charge in [-0.15, -0.1) is 0 Å². The molecule has 1 aromatic heterocycles. The van der Waals surface area contributed by atoms with Gasteiger partial charge in [-0.25, -0.2) is 12.8 Å². The van der Waals surface area contributed by atoms with Gasteiger partial charge in [0.1, 0.15) is 10.7 Å². The highest BCUT2D eigenvalue weighted by Gasteiger charge is 2.27. The second-order valence-corrected chi connectivity index (χ2v) is 11.4. The Labute approximate surface area is 194 Å². The maximum absolute atomic E-state index is 15.3. The number of halogens is 1. The standard InChI is InChI=1S/C26H31FN2O3S/c1-6-28-15-25(33(31,32)20-8-7-18(4)19(5)10-20)26(30)21-11-22(27)24(12-23(21)28)29-13-16(2)9-17(3)14-29/h7-8,10-12,15-17H,6,9,13-14H2,1-5H3/t16-,17-/m0/s1. The van der Waals surface area contributed by atoms with E-state index in [1.165, 1.54) is 18.3 Å². The van der Waals surface area contributed by atoms with Gasteiger partial charge in [0.2, 0.25) is 15.3 Å². The Morgan fingerprint density at radius 2 is 1.70 bits per heavy atom. The lowest BCUT2D eigenvalue weighted by atomic mass is 9.91. The SMILES string of the molecule is CCn1cc(S(=O)(=O)c2ccc(C)c(C)c2)c(=O)c2cc(F)c(N3C[C@@H](C)C[C@H](C)C3)cc21. The molecule has 1 saturated heterocycles. The molecule has 1 fully saturated rings. The van der Waals surface area contributed by atoms with Crippen LogP contribution in [0.1, 0.15) is 38.3 Å². The summed E-state index contributed by atoms with van der Waals surface area (Å²) in [5, 5.41) is 0.0844. The van der Waals surface area contributed by atoms with Gasteiger partial charge in [0.15, 0.2) is 0 Å². The first-order chi connectivity index (χ1) is 15.5. The minimum Gasteiger partial charge on any atom is -0.369 e. The topological polar surface area (TPSA) is 59.4 Å². The molecule has 0 N–H and O–H groups in total. The van der Waals surface area contributed by atoms with Gasteiger partial charge in [-0.1, -0.05) is 19.9 Å². The van der Waals surface area contributed by atoms with E-state index in [4.69, 9.17) is 0 Å². The van der Waals surface area contributed by atoms with E-state index in [2.05, 4.69) is 13.8 Å². The van der Waals surface area contributed by atoms with Crippen molar-refractivity contribution in [3.8, 4) is 0 Å². The highest BCUT2D eigenvalue weighted by Crippen LogP contribution is 2.31. The third kappa shape index (κ3) is 4.19. The van der Waals surface area contributed by atoms with Crippen LogP contribution in [0.5, 0.6) is 0 Å². The fraction of sp³-hybridized carbons (Fsp3) is 0.423. The Bertz CT molecular complexity index is 1380. The predicted molar refractivity (Wildman–Crippen MR) is 130 cm³/mol. The number of anilines is 1. The molecule has 5 nitrogen and oxygen atoms in total. The first-order valence-corrected chi connectivity index (χ1v) is 12.9. The van der Waals surface area contributed by atoms with Crippen LogP contribution in [0, 0.1) is 31.5 Å². The van der Waals surface area contributed by atoms with Crippen molar-refractivity contribution in [3.63, 3.8) is 0 Å². The Morgan fingerprint density at radius 1 is 1.03 bits per heavy atom. The summed E-state index contributed by atoms with van der Waals surface area (Å²) in [6.45, 7) is 11.9. The number of hydrogen-bond donors (Lipinski definition) is 0. The first-order valence-electron chi connectivity index (χ1n) is 11.5. The molecule has 2 aromatic carbocycles. The molecular weight excluding hydrogens is 439 g/mol. The summed E-state index contributed by atoms with van der Waals surface area (Å²) in [7, 11) is -4.06. The lowest BCUT2D eigenvalue weighted by Crippen LogP contribution is -2.39. The van der Waals surface area contributed by atoms with Crippen molar-refractivity contribution in [2.75, 3.05) is 18.0 Å². The van der Waals surface area contributed by atoms with Crippen molar-refractivity contribution in [1.82, 2.24) is 4.57 Å². The number of pyridine rings is 1. The number of sulfone groups is 1. The largest absolute Gasteiger partial charge is 0.369 e. The number of piperidine rings is 1. The summed E-state index contributed by atoms with van der Waals surface area (Å²) in [5.74, 6) is 0.398. The molecule has 0 radical (unpaired) electrons. The molecule has 1 aliphatic rings. The van der Waals surface area contributed by atoms with E-state index in [0.717, 1.165) is 30.6 Å². The zero-order chi connectivity index (χ0) is 24.1. The number of aryl methyl sites for hydroxylation is 3. The van der Waals surface area contributed by atoms with Crippen molar-refractivity contribution < 1.29 is 12.8 Å². The summed E-state index contributed by atoms with van der Waals surface area (Å²) in [6.07, 6.45) is 2.50. The van der Waals surface area contributed by atoms with E-state index < -0.39 is 21.1 Å². The van der Waals surface area contributed by atoms with Gasteiger partial charge in [-0.05, 0) is 74.4 Å². The van der Waals surface area contributed by atoms with Gasteiger partial charge >= 0.3 is 0 Å². The Balaban J connectivity index is 1.91. The van der Waals surface area contributed by atoms with E-state index in [-0.39, 0.29) is 15.2 Å². The van der Waals surface area contributed by atoms with Crippen molar-refractivity contribution in [2.45, 2.75) is 57.4 Å². The maximum atomic E-state index is 15.3. The number of benzene rings is 2. The van der Waals surface area contributed by atoms with Gasteiger partial charge in [-0.2, -0.15) is 0 Å². The fourth-order valence-corrected chi connectivity index (χ4v) is 6.39. The molecule has 0 aliphatic carbocycles. The number of rotatable bonds is 4. The summed E-state index contributed by atoms with van der Waals surface area (Å²) >= 11 is 0. The van der Waals surface area contributed by atoms with Crippen LogP contribution in [0.15, 0.2) is 51.1 Å². The Kier molecular flexibility index (Phi) is 6.12. The van der Waals surface area contributed by atoms with Crippen molar-refractivity contribution >= 4 is 26.4 Å². The molecule has 0 saturated carbocycles. The van der Waals surface area contributed by atoms with E-state index in [9.17, 15) is 13.2 Å². The molecule has 0 unspecified atom stereocenters. The smallest absolute Gasteiger partial charge is 0.211 e. The van der Waals surface area contributed by atoms with Gasteiger partial charge in [0, 0.05) is 25.8 Å². The summed E-state index contributed by atoms with van der Waals surface area (Å²) in [4.78, 5) is 15.1. The second-order valence-electron chi connectivity index (χ2n) is 9.53. The van der Waals surface area contributed by atoms with Crippen LogP contribution < -0.4 is 10.3 Å². The fourth-order valence-electron chi connectivity index (χ4n) is 4.94. The van der Waals surface area contributed by atoms with Crippen molar-refractivity contribution in [1.29, 1.82) is 0 Å². The zero-order valence-corrected chi connectivity index (χ0v) is 20.7. The van der Waals surface area contributed by atoms with Crippen LogP contribution in [0.25, 0.3) is 10.9 Å². The van der Waals surface area contributed by atoms with Crippen LogP contribution in [0.3, 0.4) is 0 Å². The quantitative estimate of drug-likeness (QED) is 0.533. The molecular formula is C26H31FN2O3S. The van der Waals surface area contributed by atoms with Crippen LogP contribution in [-0.4, -0.2) is 26.1 Å². The van der Waals surface area contributed by atoms with Crippen LogP contribution in [0.4, 0.5) is 10.1 Å². The molecule has 2 heterocycles. The third-order valence-electron chi connectivity index (χ3n) is 6.74. The predicted octanol–water partition coefficient (Wildman–Crippen LogP) is 5.09. The zero-order valence-electron chi connectivity index (χ0n) is 19.9. The van der Waals surface area contributed by atoms with E-state index in [0.29, 0.717) is 29.6 Å². The molecule has 3 aromatic rings. The minimum atomic E-state index is -4.06. The summed E-state index contributed by atoms with van der Waals surface area (Å²) < 4.78 is 43.8. The molecule has 0 bridgehead atoms. The third-order valence-corrected chi connectivity index (χ3v) is 8.49. The molecule has 0 amide bonds. The Morgan fingerprint density at radius 3 is 2.30 bits per heavy atom. The van der Waals surface area contributed by atoms with Gasteiger partial charge < -0.3 is 9.47 Å². The monoisotopic (exact) mass is 470 g/mol. The first kappa shape index (κ1) is 23.5. The minimum absolute atomic E-state index is 0.0677. The number of nitrogens with zero attached hydrogens (tertiary/aromatic N) is 2. The molecule has 1 aliphatic heterocycles. The lowest BCUT2D eigenvalue weighted by molar-refractivity contribution is 0.354. The molecule has 33 heavy (non-hydrogen) atoms. The molecule has 0 spiro atoms. The van der Waals surface area contributed by atoms with Gasteiger partial charge in [0.25, 0.3) is 0 Å². The van der Waals surface area contributed by atoms with Crippen LogP contribution >= 0.6 is 0 Å². The second kappa shape index (κ2) is 8.60. The normalized spacial score (nSPS) is 19.3. The number of hydrogen-bond acceptors (Lipinski definition) is 4. The summed E-state index contributed by atoms with van der Waals surface area (Å²) in [5.41, 5.74) is 2.14. The van der Waals surface area contributed by atoms with Crippen LogP contribution in [-0.2, 0) is 16.4 Å². The summed E-state index contributed by atoms with van der Waals surface area (Å²) in [6, 6.07) is 7.73. The van der Waals surface area contributed by atoms with Crippen LogP contribution in [0.2, 0.25) is 0 Å². The number of aromatic nitrogens is 1. The lowest BCUT2D eigenvalue weighted by Gasteiger charge is -2.37. The van der Waals surface area contributed by atoms with E-state index in [1.54, 1.807) is 22.8 Å². The highest BCUT2D eigenvalue weighted by atomic mass is 32.2. The molecule has 4 rings (SSSR count). The molecule has 7 heteroatoms. The van der Waals surface area contributed by atoms with E-state index >= 15 is 4.39 Å². The van der Waals surface area contributed by atoms with Gasteiger partial charge in [0.05, 0.1) is 21.5 Å². The van der Waals surface area contributed by atoms with Crippen molar-refractivity contribution in [3.05, 3.63) is 63.7 Å². The highest BCUT2D eigenvalue weighted by molar-refractivity contribution is 7.91. The van der Waals surface area contributed by atoms with E-state index in [1.807, 2.05) is 25.7 Å². The Hall–Kier alpha value is -2.67. The van der Waals surface area contributed by atoms with Crippen molar-refractivity contribution in [2.24, 2.45) is 11.8 Å². The molecule has 2 atom stereocenters.